The molecule has 2 rings (SSSR count). The van der Waals surface area contributed by atoms with Gasteiger partial charge in [0, 0.05) is 6.04 Å². The zero-order valence-corrected chi connectivity index (χ0v) is 10.8. The molecule has 3 N–H and O–H groups in total. The van der Waals surface area contributed by atoms with Crippen LogP contribution in [0.3, 0.4) is 0 Å². The summed E-state index contributed by atoms with van der Waals surface area (Å²) in [6.07, 6.45) is 2.07. The molecule has 3 heteroatoms. The van der Waals surface area contributed by atoms with Crippen LogP contribution in [-0.2, 0) is 6.42 Å². The Kier molecular flexibility index (Phi) is 4.31. The van der Waals surface area contributed by atoms with E-state index in [4.69, 9.17) is 5.84 Å². The number of nitrogens with two attached hydrogens (primary N) is 1. The van der Waals surface area contributed by atoms with E-state index < -0.39 is 0 Å². The summed E-state index contributed by atoms with van der Waals surface area (Å²) >= 11 is 1.71. The van der Waals surface area contributed by atoms with Crippen molar-refractivity contribution in [3.63, 3.8) is 0 Å². The first-order valence-corrected chi connectivity index (χ1v) is 6.77. The average molecular weight is 246 g/mol. The van der Waals surface area contributed by atoms with Crippen LogP contribution < -0.4 is 11.3 Å². The number of aryl methyl sites for hydroxylation is 2. The molecule has 0 aliphatic heterocycles. The fourth-order valence-electron chi connectivity index (χ4n) is 2.00. The van der Waals surface area contributed by atoms with Gasteiger partial charge in [0.15, 0.2) is 0 Å². The molecule has 17 heavy (non-hydrogen) atoms. The van der Waals surface area contributed by atoms with Gasteiger partial charge in [-0.1, -0.05) is 29.8 Å². The summed E-state index contributed by atoms with van der Waals surface area (Å²) in [5.74, 6) is 5.61. The minimum absolute atomic E-state index is 0.252. The van der Waals surface area contributed by atoms with E-state index in [1.165, 1.54) is 16.7 Å². The molecule has 0 bridgehead atoms. The maximum Gasteiger partial charge on any atom is 0.0471 e. The number of rotatable bonds is 5. The van der Waals surface area contributed by atoms with Gasteiger partial charge in [-0.15, -0.1) is 0 Å². The van der Waals surface area contributed by atoms with Crippen LogP contribution in [0.5, 0.6) is 0 Å². The third kappa shape index (κ3) is 3.40. The number of thiophene rings is 1. The molecule has 0 fully saturated rings. The van der Waals surface area contributed by atoms with Crippen molar-refractivity contribution < 1.29 is 0 Å². The molecule has 2 nitrogen and oxygen atoms in total. The van der Waals surface area contributed by atoms with E-state index in [1.54, 1.807) is 11.3 Å². The summed E-state index contributed by atoms with van der Waals surface area (Å²) in [6.45, 7) is 2.13. The van der Waals surface area contributed by atoms with Crippen molar-refractivity contribution in [2.24, 2.45) is 5.84 Å². The third-order valence-electron chi connectivity index (χ3n) is 2.95. The van der Waals surface area contributed by atoms with Crippen molar-refractivity contribution in [2.75, 3.05) is 0 Å². The average Bonchev–Trinajstić information content (AvgIpc) is 2.84. The lowest BCUT2D eigenvalue weighted by atomic mass is 10.0. The van der Waals surface area contributed by atoms with Crippen LogP contribution in [0.4, 0.5) is 0 Å². The second kappa shape index (κ2) is 5.96. The Morgan fingerprint density at radius 3 is 2.88 bits per heavy atom. The zero-order valence-electron chi connectivity index (χ0n) is 10.0. The van der Waals surface area contributed by atoms with Crippen molar-refractivity contribution >= 4 is 11.3 Å². The molecular formula is C14H18N2S. The van der Waals surface area contributed by atoms with Gasteiger partial charge in [0.2, 0.25) is 0 Å². The summed E-state index contributed by atoms with van der Waals surface area (Å²) in [5, 5.41) is 4.24. The van der Waals surface area contributed by atoms with E-state index in [2.05, 4.69) is 53.4 Å². The predicted octanol–water partition coefficient (Wildman–Crippen LogP) is 3.19. The number of hydrogen-bond donors (Lipinski definition) is 2. The molecule has 0 saturated carbocycles. The molecule has 1 aromatic heterocycles. The minimum atomic E-state index is 0.252. The highest BCUT2D eigenvalue weighted by atomic mass is 32.1. The van der Waals surface area contributed by atoms with Crippen LogP contribution in [0.2, 0.25) is 0 Å². The van der Waals surface area contributed by atoms with Crippen molar-refractivity contribution in [2.45, 2.75) is 25.8 Å². The Morgan fingerprint density at radius 2 is 2.24 bits per heavy atom. The first kappa shape index (κ1) is 12.3. The van der Waals surface area contributed by atoms with Crippen molar-refractivity contribution in [1.82, 2.24) is 5.43 Å². The smallest absolute Gasteiger partial charge is 0.0471 e. The molecule has 0 spiro atoms. The van der Waals surface area contributed by atoms with Crippen molar-refractivity contribution in [3.8, 4) is 0 Å². The van der Waals surface area contributed by atoms with Gasteiger partial charge in [0.1, 0.15) is 0 Å². The molecule has 1 aromatic carbocycles. The summed E-state index contributed by atoms with van der Waals surface area (Å²) in [7, 11) is 0. The van der Waals surface area contributed by atoms with Crippen LogP contribution in [0.1, 0.15) is 29.2 Å². The fourth-order valence-corrected chi connectivity index (χ4v) is 2.71. The zero-order chi connectivity index (χ0) is 12.1. The van der Waals surface area contributed by atoms with E-state index in [9.17, 15) is 0 Å². The second-order valence-corrected chi connectivity index (χ2v) is 5.08. The highest BCUT2D eigenvalue weighted by Crippen LogP contribution is 2.21. The van der Waals surface area contributed by atoms with Crippen LogP contribution >= 0.6 is 11.3 Å². The number of nitrogens with one attached hydrogen (secondary N) is 1. The Balaban J connectivity index is 1.97. The van der Waals surface area contributed by atoms with Gasteiger partial charge in [-0.2, -0.15) is 11.3 Å². The minimum Gasteiger partial charge on any atom is -0.271 e. The van der Waals surface area contributed by atoms with Crippen molar-refractivity contribution in [1.29, 1.82) is 0 Å². The molecule has 1 heterocycles. The summed E-state index contributed by atoms with van der Waals surface area (Å²) in [4.78, 5) is 0. The highest BCUT2D eigenvalue weighted by Gasteiger charge is 2.09. The van der Waals surface area contributed by atoms with E-state index in [0.717, 1.165) is 12.8 Å². The maximum absolute atomic E-state index is 5.61. The van der Waals surface area contributed by atoms with Crippen molar-refractivity contribution in [3.05, 3.63) is 57.8 Å². The lowest BCUT2D eigenvalue weighted by Crippen LogP contribution is -2.28. The fraction of sp³-hybridized carbons (Fsp3) is 0.286. The van der Waals surface area contributed by atoms with Crippen LogP contribution in [0.15, 0.2) is 41.1 Å². The molecule has 2 aromatic rings. The largest absolute Gasteiger partial charge is 0.271 e. The molecule has 0 aliphatic carbocycles. The van der Waals surface area contributed by atoms with E-state index >= 15 is 0 Å². The van der Waals surface area contributed by atoms with Crippen LogP contribution in [-0.4, -0.2) is 0 Å². The van der Waals surface area contributed by atoms with Gasteiger partial charge >= 0.3 is 0 Å². The standard InChI is InChI=1S/C14H18N2S/c1-11-3-2-4-12(9-11)5-6-14(16-15)13-7-8-17-10-13/h2-4,7-10,14,16H,5-6,15H2,1H3. The van der Waals surface area contributed by atoms with E-state index in [1.807, 2.05) is 0 Å². The van der Waals surface area contributed by atoms with E-state index in [0.29, 0.717) is 0 Å². The lowest BCUT2D eigenvalue weighted by Gasteiger charge is -2.14. The van der Waals surface area contributed by atoms with Gasteiger partial charge in [0.05, 0.1) is 0 Å². The SMILES string of the molecule is Cc1cccc(CCC(NN)c2ccsc2)c1. The Bertz CT molecular complexity index is 451. The molecule has 90 valence electrons. The Hall–Kier alpha value is -1.16. The number of hydrogen-bond acceptors (Lipinski definition) is 3. The van der Waals surface area contributed by atoms with Gasteiger partial charge in [0.25, 0.3) is 0 Å². The quantitative estimate of drug-likeness (QED) is 0.628. The second-order valence-electron chi connectivity index (χ2n) is 4.30. The monoisotopic (exact) mass is 246 g/mol. The highest BCUT2D eigenvalue weighted by molar-refractivity contribution is 7.07. The molecule has 0 saturated heterocycles. The summed E-state index contributed by atoms with van der Waals surface area (Å²) in [5.41, 5.74) is 6.87. The van der Waals surface area contributed by atoms with Gasteiger partial charge in [-0.25, -0.2) is 0 Å². The van der Waals surface area contributed by atoms with Crippen LogP contribution in [0, 0.1) is 6.92 Å². The number of hydrazine groups is 1. The van der Waals surface area contributed by atoms with E-state index in [-0.39, 0.29) is 6.04 Å². The van der Waals surface area contributed by atoms with Gasteiger partial charge in [-0.05, 0) is 47.7 Å². The summed E-state index contributed by atoms with van der Waals surface area (Å²) in [6, 6.07) is 11.0. The molecule has 0 aliphatic rings. The van der Waals surface area contributed by atoms with Gasteiger partial charge in [-0.3, -0.25) is 11.3 Å². The first-order valence-electron chi connectivity index (χ1n) is 5.83. The molecule has 0 amide bonds. The summed E-state index contributed by atoms with van der Waals surface area (Å²) < 4.78 is 0. The van der Waals surface area contributed by atoms with Crippen LogP contribution in [0.25, 0.3) is 0 Å². The maximum atomic E-state index is 5.61. The molecule has 1 unspecified atom stereocenters. The Labute approximate surface area is 106 Å². The predicted molar refractivity (Wildman–Crippen MR) is 73.9 cm³/mol. The molecular weight excluding hydrogens is 228 g/mol. The number of benzene rings is 1. The lowest BCUT2D eigenvalue weighted by molar-refractivity contribution is 0.518. The first-order chi connectivity index (χ1) is 8.29. The molecule has 1 atom stereocenters. The third-order valence-corrected chi connectivity index (χ3v) is 3.65. The topological polar surface area (TPSA) is 38.0 Å². The van der Waals surface area contributed by atoms with Gasteiger partial charge < -0.3 is 0 Å². The normalized spacial score (nSPS) is 12.6. The Morgan fingerprint density at radius 1 is 1.35 bits per heavy atom. The molecule has 0 radical (unpaired) electrons.